The van der Waals surface area contributed by atoms with Crippen molar-refractivity contribution in [3.8, 4) is 5.75 Å². The average Bonchev–Trinajstić information content (AvgIpc) is 2.45. The second-order valence-corrected chi connectivity index (χ2v) is 6.50. The number of hydrogen-bond donors (Lipinski definition) is 1. The van der Waals surface area contributed by atoms with E-state index in [-0.39, 0.29) is 6.10 Å². The number of nitrogens with zero attached hydrogens (tertiary/aromatic N) is 1. The molecule has 0 aliphatic carbocycles. The number of ether oxygens (including phenoxy) is 1. The topological polar surface area (TPSA) is 24.5 Å². The summed E-state index contributed by atoms with van der Waals surface area (Å²) in [6.07, 6.45) is 1.18. The van der Waals surface area contributed by atoms with Gasteiger partial charge in [0, 0.05) is 37.7 Å². The largest absolute Gasteiger partial charge is 0.491 e. The highest BCUT2D eigenvalue weighted by Crippen LogP contribution is 2.32. The molecule has 0 spiro atoms. The Bertz CT molecular complexity index is 482. The van der Waals surface area contributed by atoms with Crippen LogP contribution in [0.1, 0.15) is 30.5 Å². The van der Waals surface area contributed by atoms with E-state index in [1.54, 1.807) is 0 Å². The molecule has 1 saturated heterocycles. The van der Waals surface area contributed by atoms with Gasteiger partial charge in [-0.3, -0.25) is 0 Å². The van der Waals surface area contributed by atoms with E-state index in [1.807, 2.05) is 6.92 Å². The highest BCUT2D eigenvalue weighted by atomic mass is 35.5. The first-order valence-electron chi connectivity index (χ1n) is 7.87. The van der Waals surface area contributed by atoms with Gasteiger partial charge in [0.05, 0.1) is 6.10 Å². The lowest BCUT2D eigenvalue weighted by atomic mass is 10.0. The number of hydrogen-bond acceptors (Lipinski definition) is 3. The number of nitrogens with one attached hydrogen (secondary N) is 1. The lowest BCUT2D eigenvalue weighted by Gasteiger charge is -2.28. The van der Waals surface area contributed by atoms with Gasteiger partial charge in [0.15, 0.2) is 0 Å². The minimum absolute atomic E-state index is 0.183. The zero-order valence-electron chi connectivity index (χ0n) is 13.6. The predicted molar refractivity (Wildman–Crippen MR) is 89.7 cm³/mol. The smallest absolute Gasteiger partial charge is 0.123 e. The molecule has 1 heterocycles. The zero-order chi connectivity index (χ0) is 15.4. The Morgan fingerprint density at radius 3 is 2.57 bits per heavy atom. The molecule has 0 bridgehead atoms. The Morgan fingerprint density at radius 2 is 1.95 bits per heavy atom. The van der Waals surface area contributed by atoms with Crippen LogP contribution >= 0.6 is 11.6 Å². The molecule has 1 aromatic rings. The Hall–Kier alpha value is -0.770. The summed E-state index contributed by atoms with van der Waals surface area (Å²) < 4.78 is 6.01. The molecule has 1 fully saturated rings. The van der Waals surface area contributed by atoms with Crippen LogP contribution in [-0.2, 0) is 6.42 Å². The normalized spacial score (nSPS) is 16.5. The van der Waals surface area contributed by atoms with Gasteiger partial charge in [0.25, 0.3) is 0 Å². The third-order valence-corrected chi connectivity index (χ3v) is 4.61. The van der Waals surface area contributed by atoms with Gasteiger partial charge < -0.3 is 15.0 Å². The lowest BCUT2D eigenvalue weighted by Crippen LogP contribution is -2.44. The summed E-state index contributed by atoms with van der Waals surface area (Å²) >= 11 is 6.43. The van der Waals surface area contributed by atoms with E-state index in [2.05, 4.69) is 37.1 Å². The summed E-state index contributed by atoms with van der Waals surface area (Å²) in [6.45, 7) is 13.8. The molecule has 0 aromatic heterocycles. The fourth-order valence-corrected chi connectivity index (χ4v) is 3.00. The Morgan fingerprint density at radius 1 is 1.29 bits per heavy atom. The summed E-state index contributed by atoms with van der Waals surface area (Å²) in [5.41, 5.74) is 3.52. The van der Waals surface area contributed by atoms with Gasteiger partial charge in [-0.15, -0.1) is 0 Å². The molecule has 0 amide bonds. The average molecular weight is 311 g/mol. The number of benzene rings is 1. The van der Waals surface area contributed by atoms with Gasteiger partial charge in [-0.1, -0.05) is 11.6 Å². The Kier molecular flexibility index (Phi) is 5.91. The van der Waals surface area contributed by atoms with Gasteiger partial charge in [-0.25, -0.2) is 0 Å². The van der Waals surface area contributed by atoms with E-state index in [0.717, 1.165) is 55.5 Å². The van der Waals surface area contributed by atoms with Crippen LogP contribution in [0.2, 0.25) is 5.02 Å². The molecule has 2 rings (SSSR count). The molecule has 1 aliphatic heterocycles. The zero-order valence-corrected chi connectivity index (χ0v) is 14.4. The number of halogens is 1. The summed E-state index contributed by atoms with van der Waals surface area (Å²) in [7, 11) is 0. The molecule has 118 valence electrons. The predicted octanol–water partition coefficient (Wildman–Crippen LogP) is 3.19. The minimum Gasteiger partial charge on any atom is -0.491 e. The maximum Gasteiger partial charge on any atom is 0.123 e. The van der Waals surface area contributed by atoms with Crippen LogP contribution in [0.15, 0.2) is 6.07 Å². The van der Waals surface area contributed by atoms with Gasteiger partial charge in [-0.05, 0) is 56.9 Å². The monoisotopic (exact) mass is 310 g/mol. The van der Waals surface area contributed by atoms with E-state index >= 15 is 0 Å². The molecule has 0 saturated carbocycles. The van der Waals surface area contributed by atoms with Crippen LogP contribution in [-0.4, -0.2) is 43.7 Å². The van der Waals surface area contributed by atoms with Gasteiger partial charge >= 0.3 is 0 Å². The van der Waals surface area contributed by atoms with E-state index in [0.29, 0.717) is 0 Å². The molecule has 1 aromatic carbocycles. The molecule has 0 radical (unpaired) electrons. The molecule has 1 aliphatic rings. The Balaban J connectivity index is 2.16. The summed E-state index contributed by atoms with van der Waals surface area (Å²) in [5.74, 6) is 1.000. The summed E-state index contributed by atoms with van der Waals surface area (Å²) in [4.78, 5) is 2.50. The van der Waals surface area contributed by atoms with Crippen molar-refractivity contribution in [3.05, 3.63) is 27.8 Å². The van der Waals surface area contributed by atoms with Crippen molar-refractivity contribution in [2.24, 2.45) is 0 Å². The quantitative estimate of drug-likeness (QED) is 0.904. The highest BCUT2D eigenvalue weighted by Gasteiger charge is 2.16. The maximum atomic E-state index is 6.43. The second kappa shape index (κ2) is 7.48. The van der Waals surface area contributed by atoms with Crippen molar-refractivity contribution >= 4 is 11.6 Å². The SMILES string of the molecule is Cc1cc(OC(C)C)c(CCN2CCNCC2)c(C)c1Cl. The van der Waals surface area contributed by atoms with Crippen LogP contribution in [0.3, 0.4) is 0 Å². The molecule has 3 nitrogen and oxygen atoms in total. The standard InChI is InChI=1S/C17H27ClN2O/c1-12(2)21-16-11-13(3)17(18)14(4)15(16)5-8-20-9-6-19-7-10-20/h11-12,19H,5-10H2,1-4H3. The maximum absolute atomic E-state index is 6.43. The van der Waals surface area contributed by atoms with E-state index in [4.69, 9.17) is 16.3 Å². The third-order valence-electron chi connectivity index (χ3n) is 4.02. The summed E-state index contributed by atoms with van der Waals surface area (Å²) in [6, 6.07) is 2.09. The van der Waals surface area contributed by atoms with Crippen molar-refractivity contribution in [2.45, 2.75) is 40.2 Å². The second-order valence-electron chi connectivity index (χ2n) is 6.12. The van der Waals surface area contributed by atoms with Crippen molar-refractivity contribution in [2.75, 3.05) is 32.7 Å². The minimum atomic E-state index is 0.183. The van der Waals surface area contributed by atoms with Gasteiger partial charge in [-0.2, -0.15) is 0 Å². The highest BCUT2D eigenvalue weighted by molar-refractivity contribution is 6.32. The van der Waals surface area contributed by atoms with E-state index in [9.17, 15) is 0 Å². The van der Waals surface area contributed by atoms with Gasteiger partial charge in [0.2, 0.25) is 0 Å². The molecule has 4 heteroatoms. The molecule has 1 N–H and O–H groups in total. The molecular weight excluding hydrogens is 284 g/mol. The lowest BCUT2D eigenvalue weighted by molar-refractivity contribution is 0.230. The van der Waals surface area contributed by atoms with E-state index in [1.165, 1.54) is 11.1 Å². The van der Waals surface area contributed by atoms with E-state index < -0.39 is 0 Å². The molecule has 21 heavy (non-hydrogen) atoms. The fraction of sp³-hybridized carbons (Fsp3) is 0.647. The van der Waals surface area contributed by atoms with Crippen molar-refractivity contribution in [3.63, 3.8) is 0 Å². The third kappa shape index (κ3) is 4.35. The Labute approximate surface area is 133 Å². The first-order chi connectivity index (χ1) is 9.99. The van der Waals surface area contributed by atoms with Crippen LogP contribution in [0.25, 0.3) is 0 Å². The molecule has 0 atom stereocenters. The summed E-state index contributed by atoms with van der Waals surface area (Å²) in [5, 5.41) is 4.27. The van der Waals surface area contributed by atoms with Crippen LogP contribution < -0.4 is 10.1 Å². The number of rotatable bonds is 5. The van der Waals surface area contributed by atoms with Crippen LogP contribution in [0.5, 0.6) is 5.75 Å². The van der Waals surface area contributed by atoms with Gasteiger partial charge in [0.1, 0.15) is 5.75 Å². The van der Waals surface area contributed by atoms with Crippen molar-refractivity contribution in [1.29, 1.82) is 0 Å². The first kappa shape index (κ1) is 16.6. The molecular formula is C17H27ClN2O. The number of piperazine rings is 1. The van der Waals surface area contributed by atoms with Crippen LogP contribution in [0.4, 0.5) is 0 Å². The first-order valence-corrected chi connectivity index (χ1v) is 8.25. The fourth-order valence-electron chi connectivity index (χ4n) is 2.83. The van der Waals surface area contributed by atoms with Crippen molar-refractivity contribution in [1.82, 2.24) is 10.2 Å². The van der Waals surface area contributed by atoms with Crippen LogP contribution in [0, 0.1) is 13.8 Å². The van der Waals surface area contributed by atoms with Crippen molar-refractivity contribution < 1.29 is 4.74 Å². The number of aryl methyl sites for hydroxylation is 1. The molecule has 0 unspecified atom stereocenters.